The fourth-order valence-corrected chi connectivity index (χ4v) is 2.35. The van der Waals surface area contributed by atoms with Gasteiger partial charge in [0.25, 0.3) is 0 Å². The molecular weight excluding hydrogens is 259 g/mol. The van der Waals surface area contributed by atoms with E-state index >= 15 is 0 Å². The van der Waals surface area contributed by atoms with Crippen molar-refractivity contribution in [1.82, 2.24) is 5.32 Å². The molecule has 0 saturated heterocycles. The van der Waals surface area contributed by atoms with Crippen molar-refractivity contribution < 1.29 is 13.2 Å². The van der Waals surface area contributed by atoms with Gasteiger partial charge in [0, 0.05) is 18.3 Å². The number of thioether (sulfide) groups is 1. The van der Waals surface area contributed by atoms with Crippen LogP contribution in [0.25, 0.3) is 0 Å². The first-order chi connectivity index (χ1) is 8.47. The van der Waals surface area contributed by atoms with E-state index in [2.05, 4.69) is 12.2 Å². The predicted molar refractivity (Wildman–Crippen MR) is 70.7 cm³/mol. The Kier molecular flexibility index (Phi) is 6.02. The van der Waals surface area contributed by atoms with E-state index in [1.807, 2.05) is 6.26 Å². The van der Waals surface area contributed by atoms with Gasteiger partial charge in [-0.3, -0.25) is 0 Å². The largest absolute Gasteiger partial charge is 0.416 e. The molecule has 0 heterocycles. The smallest absolute Gasteiger partial charge is 0.309 e. The van der Waals surface area contributed by atoms with Crippen LogP contribution in [0.5, 0.6) is 0 Å². The fraction of sp³-hybridized carbons (Fsp3) is 0.538. The van der Waals surface area contributed by atoms with Crippen molar-refractivity contribution in [3.05, 3.63) is 35.4 Å². The van der Waals surface area contributed by atoms with Crippen LogP contribution in [0, 0.1) is 0 Å². The van der Waals surface area contributed by atoms with Gasteiger partial charge in [-0.05, 0) is 30.4 Å². The zero-order chi connectivity index (χ0) is 13.6. The van der Waals surface area contributed by atoms with E-state index in [-0.39, 0.29) is 0 Å². The minimum absolute atomic E-state index is 0.405. The molecule has 0 aliphatic heterocycles. The summed E-state index contributed by atoms with van der Waals surface area (Å²) in [7, 11) is 0. The summed E-state index contributed by atoms with van der Waals surface area (Å²) in [6.45, 7) is 2.71. The second-order valence-electron chi connectivity index (χ2n) is 4.14. The summed E-state index contributed by atoms with van der Waals surface area (Å²) in [4.78, 5) is 0. The highest BCUT2D eigenvalue weighted by atomic mass is 32.2. The highest BCUT2D eigenvalue weighted by Gasteiger charge is 2.29. The zero-order valence-corrected chi connectivity index (χ0v) is 11.4. The maximum absolute atomic E-state index is 12.4. The minimum atomic E-state index is -4.25. The summed E-state index contributed by atoms with van der Waals surface area (Å²) >= 11 is 1.76. The van der Waals surface area contributed by atoms with E-state index in [0.29, 0.717) is 12.6 Å². The lowest BCUT2D eigenvalue weighted by Gasteiger charge is -2.16. The lowest BCUT2D eigenvalue weighted by atomic mass is 10.1. The number of benzene rings is 1. The van der Waals surface area contributed by atoms with Gasteiger partial charge >= 0.3 is 6.18 Å². The average Bonchev–Trinajstić information content (AvgIpc) is 2.34. The second kappa shape index (κ2) is 7.04. The van der Waals surface area contributed by atoms with Crippen molar-refractivity contribution in [2.75, 3.05) is 12.0 Å². The van der Waals surface area contributed by atoms with Gasteiger partial charge in [-0.25, -0.2) is 0 Å². The van der Waals surface area contributed by atoms with Crippen molar-refractivity contribution in [3.8, 4) is 0 Å². The molecule has 0 bridgehead atoms. The molecule has 0 aliphatic rings. The lowest BCUT2D eigenvalue weighted by Crippen LogP contribution is -2.30. The molecule has 0 fully saturated rings. The summed E-state index contributed by atoms with van der Waals surface area (Å²) in [6.07, 6.45) is -1.19. The SMILES string of the molecule is CCC(CSC)NCc1ccc(C(F)(F)F)cc1. The third kappa shape index (κ3) is 4.90. The minimum Gasteiger partial charge on any atom is -0.309 e. The van der Waals surface area contributed by atoms with E-state index in [1.54, 1.807) is 11.8 Å². The van der Waals surface area contributed by atoms with Gasteiger partial charge in [0.15, 0.2) is 0 Å². The summed E-state index contributed by atoms with van der Waals surface area (Å²) in [5.41, 5.74) is 0.282. The highest BCUT2D eigenvalue weighted by Crippen LogP contribution is 2.29. The molecule has 1 nitrogen and oxygen atoms in total. The molecule has 5 heteroatoms. The van der Waals surface area contributed by atoms with Gasteiger partial charge in [-0.15, -0.1) is 0 Å². The van der Waals surface area contributed by atoms with Crippen LogP contribution in [0.4, 0.5) is 13.2 Å². The summed E-state index contributed by atoms with van der Waals surface area (Å²) in [5.74, 6) is 1.01. The van der Waals surface area contributed by atoms with E-state index in [4.69, 9.17) is 0 Å². The van der Waals surface area contributed by atoms with Crippen LogP contribution >= 0.6 is 11.8 Å². The number of alkyl halides is 3. The standard InChI is InChI=1S/C13H18F3NS/c1-3-12(9-18-2)17-8-10-4-6-11(7-5-10)13(14,15)16/h4-7,12,17H,3,8-9H2,1-2H3. The molecule has 102 valence electrons. The topological polar surface area (TPSA) is 12.0 Å². The number of rotatable bonds is 6. The predicted octanol–water partition coefficient (Wildman–Crippen LogP) is 3.94. The van der Waals surface area contributed by atoms with Gasteiger partial charge < -0.3 is 5.32 Å². The van der Waals surface area contributed by atoms with Crippen LogP contribution < -0.4 is 5.32 Å². The van der Waals surface area contributed by atoms with Gasteiger partial charge in [0.05, 0.1) is 5.56 Å². The molecule has 1 unspecified atom stereocenters. The number of hydrogen-bond acceptors (Lipinski definition) is 2. The summed E-state index contributed by atoms with van der Waals surface area (Å²) in [5, 5.41) is 3.34. The van der Waals surface area contributed by atoms with Crippen LogP contribution in [0.3, 0.4) is 0 Å². The lowest BCUT2D eigenvalue weighted by molar-refractivity contribution is -0.137. The van der Waals surface area contributed by atoms with Crippen molar-refractivity contribution in [2.45, 2.75) is 32.1 Å². The molecule has 0 aromatic heterocycles. The Morgan fingerprint density at radius 1 is 1.22 bits per heavy atom. The van der Waals surface area contributed by atoms with Crippen LogP contribution in [-0.2, 0) is 12.7 Å². The molecule has 0 spiro atoms. The monoisotopic (exact) mass is 277 g/mol. The third-order valence-electron chi connectivity index (χ3n) is 2.74. The molecule has 1 aromatic rings. The Labute approximate surface area is 110 Å². The van der Waals surface area contributed by atoms with Crippen LogP contribution in [0.2, 0.25) is 0 Å². The molecule has 1 atom stereocenters. The van der Waals surface area contributed by atoms with Crippen molar-refractivity contribution in [2.24, 2.45) is 0 Å². The zero-order valence-electron chi connectivity index (χ0n) is 10.6. The van der Waals surface area contributed by atoms with Gasteiger partial charge in [0.1, 0.15) is 0 Å². The molecule has 0 radical (unpaired) electrons. The van der Waals surface area contributed by atoms with Crippen molar-refractivity contribution >= 4 is 11.8 Å². The molecule has 0 aliphatic carbocycles. The Morgan fingerprint density at radius 2 is 1.83 bits per heavy atom. The Balaban J connectivity index is 2.53. The molecule has 18 heavy (non-hydrogen) atoms. The average molecular weight is 277 g/mol. The van der Waals surface area contributed by atoms with Gasteiger partial charge in [-0.1, -0.05) is 19.1 Å². The third-order valence-corrected chi connectivity index (χ3v) is 3.47. The molecular formula is C13H18F3NS. The highest BCUT2D eigenvalue weighted by molar-refractivity contribution is 7.98. The maximum atomic E-state index is 12.4. The van der Waals surface area contributed by atoms with Crippen molar-refractivity contribution in [3.63, 3.8) is 0 Å². The van der Waals surface area contributed by atoms with Crippen LogP contribution in [0.15, 0.2) is 24.3 Å². The molecule has 1 N–H and O–H groups in total. The second-order valence-corrected chi connectivity index (χ2v) is 5.05. The Bertz CT molecular complexity index is 348. The first-order valence-electron chi connectivity index (χ1n) is 5.85. The molecule has 0 saturated carbocycles. The fourth-order valence-electron chi connectivity index (χ4n) is 1.60. The maximum Gasteiger partial charge on any atom is 0.416 e. The van der Waals surface area contributed by atoms with E-state index < -0.39 is 11.7 Å². The molecule has 1 aromatic carbocycles. The van der Waals surface area contributed by atoms with Crippen molar-refractivity contribution in [1.29, 1.82) is 0 Å². The Morgan fingerprint density at radius 3 is 2.28 bits per heavy atom. The molecule has 1 rings (SSSR count). The van der Waals surface area contributed by atoms with E-state index in [0.717, 1.165) is 29.9 Å². The number of nitrogens with one attached hydrogen (secondary N) is 1. The summed E-state index contributed by atoms with van der Waals surface area (Å²) < 4.78 is 37.1. The van der Waals surface area contributed by atoms with E-state index in [1.165, 1.54) is 12.1 Å². The quantitative estimate of drug-likeness (QED) is 0.845. The Hall–Kier alpha value is -0.680. The normalized spacial score (nSPS) is 13.6. The van der Waals surface area contributed by atoms with Gasteiger partial charge in [-0.2, -0.15) is 24.9 Å². The summed E-state index contributed by atoms with van der Waals surface area (Å²) in [6, 6.07) is 5.73. The molecule has 0 amide bonds. The van der Waals surface area contributed by atoms with Crippen LogP contribution in [-0.4, -0.2) is 18.1 Å². The first kappa shape index (κ1) is 15.4. The first-order valence-corrected chi connectivity index (χ1v) is 7.25. The number of hydrogen-bond donors (Lipinski definition) is 1. The number of halogens is 3. The van der Waals surface area contributed by atoms with E-state index in [9.17, 15) is 13.2 Å². The van der Waals surface area contributed by atoms with Crippen LogP contribution in [0.1, 0.15) is 24.5 Å². The van der Waals surface area contributed by atoms with Gasteiger partial charge in [0.2, 0.25) is 0 Å².